The van der Waals surface area contributed by atoms with Gasteiger partial charge in [-0.15, -0.1) is 0 Å². The number of hydrogen-bond donors (Lipinski definition) is 1. The lowest BCUT2D eigenvalue weighted by Gasteiger charge is -2.37. The zero-order valence-electron chi connectivity index (χ0n) is 21.4. The third kappa shape index (κ3) is 7.16. The van der Waals surface area contributed by atoms with E-state index >= 15 is 0 Å². The number of carbonyl (C=O) groups excluding carboxylic acids is 3. The number of hydrogen-bond acceptors (Lipinski definition) is 7. The summed E-state index contributed by atoms with van der Waals surface area (Å²) in [6, 6.07) is 4.74. The number of nitrogens with zero attached hydrogens (tertiary/aromatic N) is 3. The zero-order valence-corrected chi connectivity index (χ0v) is 21.4. The van der Waals surface area contributed by atoms with Crippen molar-refractivity contribution in [2.75, 3.05) is 72.0 Å². The summed E-state index contributed by atoms with van der Waals surface area (Å²) in [7, 11) is 3.35. The highest BCUT2D eigenvalue weighted by Crippen LogP contribution is 2.27. The van der Waals surface area contributed by atoms with E-state index in [0.29, 0.717) is 49.8 Å². The lowest BCUT2D eigenvalue weighted by Crippen LogP contribution is -2.52. The van der Waals surface area contributed by atoms with Gasteiger partial charge in [0, 0.05) is 64.9 Å². The second-order valence-electron chi connectivity index (χ2n) is 9.42. The normalized spacial score (nSPS) is 24.6. The smallest absolute Gasteiger partial charge is 0.257 e. The molecule has 3 amide bonds. The average molecular weight is 491 g/mol. The maximum absolute atomic E-state index is 13.4. The third-order valence-corrected chi connectivity index (χ3v) is 6.55. The van der Waals surface area contributed by atoms with Crippen molar-refractivity contribution < 1.29 is 28.6 Å². The van der Waals surface area contributed by atoms with E-state index in [1.54, 1.807) is 37.3 Å². The largest absolute Gasteiger partial charge is 0.491 e. The molecule has 10 nitrogen and oxygen atoms in total. The van der Waals surface area contributed by atoms with Gasteiger partial charge in [-0.2, -0.15) is 0 Å². The second-order valence-corrected chi connectivity index (χ2v) is 9.42. The van der Waals surface area contributed by atoms with Crippen LogP contribution in [0, 0.1) is 5.92 Å². The maximum atomic E-state index is 13.4. The number of likely N-dealkylation sites (N-methyl/N-ethyl adjacent to an activating group) is 1. The van der Waals surface area contributed by atoms with Crippen LogP contribution in [0.25, 0.3) is 0 Å². The van der Waals surface area contributed by atoms with Crippen molar-refractivity contribution in [3.63, 3.8) is 0 Å². The van der Waals surface area contributed by atoms with Crippen LogP contribution in [0.15, 0.2) is 18.2 Å². The molecule has 1 aromatic rings. The van der Waals surface area contributed by atoms with E-state index < -0.39 is 0 Å². The third-order valence-electron chi connectivity index (χ3n) is 6.55. The molecule has 1 saturated heterocycles. The van der Waals surface area contributed by atoms with Crippen molar-refractivity contribution >= 4 is 23.4 Å². The van der Waals surface area contributed by atoms with Gasteiger partial charge in [-0.3, -0.25) is 19.3 Å². The van der Waals surface area contributed by atoms with Crippen LogP contribution in [0.1, 0.15) is 31.1 Å². The highest BCUT2D eigenvalue weighted by Gasteiger charge is 2.31. The van der Waals surface area contributed by atoms with Crippen LogP contribution in [-0.4, -0.2) is 111 Å². The van der Waals surface area contributed by atoms with Crippen molar-refractivity contribution in [3.8, 4) is 5.75 Å². The molecule has 3 atom stereocenters. The van der Waals surface area contributed by atoms with Crippen LogP contribution in [0.5, 0.6) is 5.75 Å². The van der Waals surface area contributed by atoms with Gasteiger partial charge in [-0.05, 0) is 19.1 Å². The second kappa shape index (κ2) is 12.3. The van der Waals surface area contributed by atoms with E-state index in [-0.39, 0.29) is 42.4 Å². The molecule has 1 N–H and O–H groups in total. The summed E-state index contributed by atoms with van der Waals surface area (Å²) in [5.74, 6) is -0.0299. The van der Waals surface area contributed by atoms with Gasteiger partial charge in [0.15, 0.2) is 0 Å². The lowest BCUT2D eigenvalue weighted by atomic mass is 10.0. The summed E-state index contributed by atoms with van der Waals surface area (Å²) in [4.78, 5) is 43.8. The Hall–Kier alpha value is -2.69. The van der Waals surface area contributed by atoms with Crippen molar-refractivity contribution in [1.29, 1.82) is 0 Å². The minimum Gasteiger partial charge on any atom is -0.491 e. The molecule has 0 bridgehead atoms. The number of ether oxygens (including phenoxy) is 3. The molecule has 1 fully saturated rings. The van der Waals surface area contributed by atoms with Gasteiger partial charge in [0.2, 0.25) is 11.8 Å². The predicted molar refractivity (Wildman–Crippen MR) is 132 cm³/mol. The number of benzene rings is 1. The summed E-state index contributed by atoms with van der Waals surface area (Å²) in [6.45, 7) is 9.48. The molecule has 35 heavy (non-hydrogen) atoms. The van der Waals surface area contributed by atoms with Crippen LogP contribution >= 0.6 is 0 Å². The van der Waals surface area contributed by atoms with Gasteiger partial charge in [0.1, 0.15) is 12.4 Å². The first-order valence-electron chi connectivity index (χ1n) is 12.1. The monoisotopic (exact) mass is 490 g/mol. The molecule has 0 saturated carbocycles. The Morgan fingerprint density at radius 3 is 2.54 bits per heavy atom. The topological polar surface area (TPSA) is 101 Å². The quantitative estimate of drug-likeness (QED) is 0.679. The molecular formula is C25H38N4O6. The maximum Gasteiger partial charge on any atom is 0.257 e. The van der Waals surface area contributed by atoms with Gasteiger partial charge < -0.3 is 29.3 Å². The van der Waals surface area contributed by atoms with E-state index in [1.807, 2.05) is 18.7 Å². The van der Waals surface area contributed by atoms with Crippen LogP contribution in [-0.2, 0) is 19.1 Å². The van der Waals surface area contributed by atoms with Gasteiger partial charge in [-0.25, -0.2) is 0 Å². The zero-order chi connectivity index (χ0) is 25.5. The molecule has 2 aliphatic heterocycles. The Morgan fingerprint density at radius 1 is 1.17 bits per heavy atom. The van der Waals surface area contributed by atoms with Crippen LogP contribution < -0.4 is 10.1 Å². The van der Waals surface area contributed by atoms with Crippen molar-refractivity contribution in [2.45, 2.75) is 32.9 Å². The van der Waals surface area contributed by atoms with Gasteiger partial charge in [-0.1, -0.05) is 6.92 Å². The first-order valence-corrected chi connectivity index (χ1v) is 12.1. The van der Waals surface area contributed by atoms with E-state index in [9.17, 15) is 14.4 Å². The number of rotatable bonds is 4. The molecule has 0 aromatic heterocycles. The Kier molecular flexibility index (Phi) is 9.47. The summed E-state index contributed by atoms with van der Waals surface area (Å²) < 4.78 is 17.3. The SMILES string of the molecule is CO[C@H]1CN(C)C(=O)c2ccc(NC(C)=O)cc2OC[C@H](C)N(C(=O)CN2CCOCC2)C[C@@H]1C. The summed E-state index contributed by atoms with van der Waals surface area (Å²) >= 11 is 0. The van der Waals surface area contributed by atoms with E-state index in [1.165, 1.54) is 6.92 Å². The molecule has 0 aliphatic carbocycles. The Labute approximate surface area is 207 Å². The number of morpholine rings is 1. The molecule has 2 aliphatic rings. The van der Waals surface area contributed by atoms with Crippen molar-refractivity contribution in [2.24, 2.45) is 5.92 Å². The fourth-order valence-corrected chi connectivity index (χ4v) is 4.44. The molecule has 0 unspecified atom stereocenters. The number of nitrogens with one attached hydrogen (secondary N) is 1. The molecule has 1 aromatic carbocycles. The fourth-order valence-electron chi connectivity index (χ4n) is 4.44. The average Bonchev–Trinajstić information content (AvgIpc) is 2.83. The van der Waals surface area contributed by atoms with Crippen LogP contribution in [0.4, 0.5) is 5.69 Å². The number of anilines is 1. The summed E-state index contributed by atoms with van der Waals surface area (Å²) in [5.41, 5.74) is 0.929. The van der Waals surface area contributed by atoms with Crippen molar-refractivity contribution in [1.82, 2.24) is 14.7 Å². The first-order chi connectivity index (χ1) is 16.7. The number of carbonyl (C=O) groups is 3. The van der Waals surface area contributed by atoms with Crippen molar-refractivity contribution in [3.05, 3.63) is 23.8 Å². The standard InChI is InChI=1S/C25H38N4O6/c1-17-13-29(24(31)15-28-8-10-34-11-9-28)18(2)16-35-22-12-20(26-19(3)30)6-7-21(22)25(32)27(4)14-23(17)33-5/h6-7,12,17-18,23H,8-11,13-16H2,1-5H3,(H,26,30)/t17-,18-,23-/m0/s1. The van der Waals surface area contributed by atoms with Crippen LogP contribution in [0.2, 0.25) is 0 Å². The molecule has 0 radical (unpaired) electrons. The molecule has 3 rings (SSSR count). The number of methoxy groups -OCH3 is 1. The summed E-state index contributed by atoms with van der Waals surface area (Å²) in [5, 5.41) is 2.73. The minimum absolute atomic E-state index is 0.00706. The molecule has 2 heterocycles. The van der Waals surface area contributed by atoms with Gasteiger partial charge >= 0.3 is 0 Å². The van der Waals surface area contributed by atoms with E-state index in [2.05, 4.69) is 10.2 Å². The van der Waals surface area contributed by atoms with Gasteiger partial charge in [0.25, 0.3) is 5.91 Å². The number of amides is 3. The number of fused-ring (bicyclic) bond motifs is 1. The predicted octanol–water partition coefficient (Wildman–Crippen LogP) is 1.31. The molecular weight excluding hydrogens is 452 g/mol. The lowest BCUT2D eigenvalue weighted by molar-refractivity contribution is -0.137. The highest BCUT2D eigenvalue weighted by atomic mass is 16.5. The van der Waals surface area contributed by atoms with E-state index in [4.69, 9.17) is 14.2 Å². The Bertz CT molecular complexity index is 904. The molecule has 0 spiro atoms. The highest BCUT2D eigenvalue weighted by molar-refractivity contribution is 5.98. The van der Waals surface area contributed by atoms with Crippen LogP contribution in [0.3, 0.4) is 0 Å². The summed E-state index contributed by atoms with van der Waals surface area (Å²) in [6.07, 6.45) is -0.253. The minimum atomic E-state index is -0.253. The van der Waals surface area contributed by atoms with Gasteiger partial charge in [0.05, 0.1) is 37.5 Å². The first kappa shape index (κ1) is 26.9. The molecule has 194 valence electrons. The molecule has 10 heteroatoms. The Morgan fingerprint density at radius 2 is 1.89 bits per heavy atom. The fraction of sp³-hybridized carbons (Fsp3) is 0.640. The van der Waals surface area contributed by atoms with E-state index in [0.717, 1.165) is 13.1 Å². The Balaban J connectivity index is 1.90.